The Balaban J connectivity index is 1.67. The molecule has 138 valence electrons. The fourth-order valence-electron chi connectivity index (χ4n) is 2.59. The quantitative estimate of drug-likeness (QED) is 0.434. The monoisotopic (exact) mass is 446 g/mol. The summed E-state index contributed by atoms with van der Waals surface area (Å²) in [6, 6.07) is 15.4. The molecule has 0 saturated heterocycles. The zero-order valence-electron chi connectivity index (χ0n) is 14.1. The van der Waals surface area contributed by atoms with Crippen LogP contribution in [0.2, 0.25) is 5.28 Å². The van der Waals surface area contributed by atoms with Crippen LogP contribution in [0, 0.1) is 0 Å². The predicted octanol–water partition coefficient (Wildman–Crippen LogP) is 5.51. The van der Waals surface area contributed by atoms with E-state index in [9.17, 15) is 4.79 Å². The van der Waals surface area contributed by atoms with Crippen molar-refractivity contribution in [2.24, 2.45) is 0 Å². The van der Waals surface area contributed by atoms with Crippen molar-refractivity contribution >= 4 is 50.8 Å². The molecular formula is C19H16BrClN4O2. The maximum Gasteiger partial charge on any atom is 0.409 e. The number of nitrogens with one attached hydrogen (secondary N) is 2. The van der Waals surface area contributed by atoms with Gasteiger partial charge in [-0.2, -0.15) is 4.98 Å². The number of hydrogen-bond donors (Lipinski definition) is 3. The molecule has 8 heteroatoms. The Bertz CT molecular complexity index is 968. The van der Waals surface area contributed by atoms with Crippen LogP contribution < -0.4 is 10.6 Å². The molecule has 2 aromatic carbocycles. The van der Waals surface area contributed by atoms with Gasteiger partial charge >= 0.3 is 6.09 Å². The van der Waals surface area contributed by atoms with Gasteiger partial charge in [0.05, 0.1) is 4.47 Å². The van der Waals surface area contributed by atoms with E-state index >= 15 is 0 Å². The zero-order valence-corrected chi connectivity index (χ0v) is 16.5. The Hall–Kier alpha value is -2.64. The molecule has 1 heterocycles. The van der Waals surface area contributed by atoms with E-state index in [4.69, 9.17) is 16.7 Å². The van der Waals surface area contributed by atoms with Crippen molar-refractivity contribution < 1.29 is 9.90 Å². The number of carboxylic acid groups (broad SMARTS) is 1. The van der Waals surface area contributed by atoms with Gasteiger partial charge in [-0.05, 0) is 75.8 Å². The molecule has 6 nitrogen and oxygen atoms in total. The van der Waals surface area contributed by atoms with Gasteiger partial charge in [-0.1, -0.05) is 24.3 Å². The molecule has 0 saturated carbocycles. The Morgan fingerprint density at radius 1 is 1.07 bits per heavy atom. The Labute approximate surface area is 169 Å². The number of carbonyl (C=O) groups is 1. The molecule has 3 N–H and O–H groups in total. The summed E-state index contributed by atoms with van der Waals surface area (Å²) in [4.78, 5) is 18.8. The van der Waals surface area contributed by atoms with E-state index in [1.54, 1.807) is 12.3 Å². The summed E-state index contributed by atoms with van der Waals surface area (Å²) < 4.78 is 0.722. The van der Waals surface area contributed by atoms with Gasteiger partial charge in [-0.25, -0.2) is 9.78 Å². The molecule has 0 atom stereocenters. The molecule has 0 radical (unpaired) electrons. The fourth-order valence-corrected chi connectivity index (χ4v) is 3.01. The summed E-state index contributed by atoms with van der Waals surface area (Å²) in [6.45, 7) is 0. The van der Waals surface area contributed by atoms with Gasteiger partial charge in [0.1, 0.15) is 5.82 Å². The van der Waals surface area contributed by atoms with Crippen LogP contribution in [0.3, 0.4) is 0 Å². The smallest absolute Gasteiger partial charge is 0.409 e. The van der Waals surface area contributed by atoms with Gasteiger partial charge < -0.3 is 10.4 Å². The molecule has 1 amide bonds. The number of anilines is 3. The van der Waals surface area contributed by atoms with Crippen LogP contribution in [0.1, 0.15) is 11.1 Å². The van der Waals surface area contributed by atoms with Crippen LogP contribution in [-0.4, -0.2) is 21.2 Å². The summed E-state index contributed by atoms with van der Waals surface area (Å²) in [6.07, 6.45) is 2.14. The lowest BCUT2D eigenvalue weighted by Gasteiger charge is -2.10. The number of amides is 1. The highest BCUT2D eigenvalue weighted by atomic mass is 79.9. The summed E-state index contributed by atoms with van der Waals surface area (Å²) in [5, 5.41) is 14.6. The van der Waals surface area contributed by atoms with Gasteiger partial charge in [0.15, 0.2) is 0 Å². The first-order valence-electron chi connectivity index (χ1n) is 8.12. The first kappa shape index (κ1) is 19.1. The van der Waals surface area contributed by atoms with Gasteiger partial charge in [0.2, 0.25) is 5.28 Å². The Morgan fingerprint density at radius 3 is 2.37 bits per heavy atom. The minimum absolute atomic E-state index is 0.173. The second-order valence-corrected chi connectivity index (χ2v) is 6.98. The van der Waals surface area contributed by atoms with E-state index < -0.39 is 6.09 Å². The third-order valence-electron chi connectivity index (χ3n) is 3.79. The second kappa shape index (κ2) is 8.83. The molecule has 0 aliphatic heterocycles. The van der Waals surface area contributed by atoms with Gasteiger partial charge in [0.25, 0.3) is 0 Å². The molecule has 3 aromatic rings. The average Bonchev–Trinajstić information content (AvgIpc) is 2.63. The van der Waals surface area contributed by atoms with Crippen LogP contribution in [-0.2, 0) is 12.8 Å². The second-order valence-electron chi connectivity index (χ2n) is 5.79. The third-order valence-corrected chi connectivity index (χ3v) is 4.55. The van der Waals surface area contributed by atoms with Gasteiger partial charge in [-0.15, -0.1) is 0 Å². The first-order valence-corrected chi connectivity index (χ1v) is 9.29. The summed E-state index contributed by atoms with van der Waals surface area (Å²) >= 11 is 9.25. The van der Waals surface area contributed by atoms with Gasteiger partial charge in [0, 0.05) is 17.6 Å². The number of rotatable bonds is 6. The van der Waals surface area contributed by atoms with Crippen molar-refractivity contribution in [2.45, 2.75) is 12.8 Å². The van der Waals surface area contributed by atoms with E-state index in [2.05, 4.69) is 36.5 Å². The average molecular weight is 448 g/mol. The number of hydrogen-bond acceptors (Lipinski definition) is 4. The van der Waals surface area contributed by atoms with E-state index in [0.29, 0.717) is 11.5 Å². The maximum absolute atomic E-state index is 10.8. The highest BCUT2D eigenvalue weighted by molar-refractivity contribution is 9.10. The predicted molar refractivity (Wildman–Crippen MR) is 110 cm³/mol. The zero-order chi connectivity index (χ0) is 19.2. The van der Waals surface area contributed by atoms with Crippen molar-refractivity contribution in [3.8, 4) is 0 Å². The molecular weight excluding hydrogens is 432 g/mol. The highest BCUT2D eigenvalue weighted by Crippen LogP contribution is 2.25. The van der Waals surface area contributed by atoms with E-state index in [1.165, 1.54) is 0 Å². The Morgan fingerprint density at radius 2 is 1.70 bits per heavy atom. The third kappa shape index (κ3) is 5.67. The SMILES string of the molecule is O=C(O)Nc1cccc(CCc2cccc(Nc3nc(Cl)ncc3Br)c2)c1. The van der Waals surface area contributed by atoms with Crippen LogP contribution in [0.25, 0.3) is 0 Å². The molecule has 3 rings (SSSR count). The maximum atomic E-state index is 10.8. The standard InChI is InChI=1S/C19H16BrClN4O2/c20-16-11-22-18(21)25-17(16)23-14-5-1-3-12(9-14)7-8-13-4-2-6-15(10-13)24-19(26)27/h1-6,9-11,24H,7-8H2,(H,26,27)(H,22,23,25). The molecule has 0 spiro atoms. The van der Waals surface area contributed by atoms with Crippen LogP contribution in [0.5, 0.6) is 0 Å². The summed E-state index contributed by atoms with van der Waals surface area (Å²) in [5.74, 6) is 0.597. The minimum atomic E-state index is -1.07. The van der Waals surface area contributed by atoms with Crippen molar-refractivity contribution in [1.82, 2.24) is 9.97 Å². The van der Waals surface area contributed by atoms with Crippen molar-refractivity contribution in [1.29, 1.82) is 0 Å². The van der Waals surface area contributed by atoms with Crippen LogP contribution in [0.4, 0.5) is 22.0 Å². The molecule has 27 heavy (non-hydrogen) atoms. The number of halogens is 2. The van der Waals surface area contributed by atoms with E-state index in [-0.39, 0.29) is 5.28 Å². The van der Waals surface area contributed by atoms with E-state index in [1.807, 2.05) is 42.5 Å². The largest absolute Gasteiger partial charge is 0.465 e. The fraction of sp³-hybridized carbons (Fsp3) is 0.105. The number of nitrogens with zero attached hydrogens (tertiary/aromatic N) is 2. The number of aromatic nitrogens is 2. The van der Waals surface area contributed by atoms with Crippen LogP contribution in [0.15, 0.2) is 59.2 Å². The molecule has 1 aromatic heterocycles. The highest BCUT2D eigenvalue weighted by Gasteiger charge is 2.06. The lowest BCUT2D eigenvalue weighted by molar-refractivity contribution is 0.210. The summed E-state index contributed by atoms with van der Waals surface area (Å²) in [5.41, 5.74) is 3.67. The lowest BCUT2D eigenvalue weighted by Crippen LogP contribution is -2.07. The molecule has 0 fully saturated rings. The van der Waals surface area contributed by atoms with Crippen LogP contribution >= 0.6 is 27.5 Å². The van der Waals surface area contributed by atoms with Crippen molar-refractivity contribution in [3.63, 3.8) is 0 Å². The van der Waals surface area contributed by atoms with Crippen molar-refractivity contribution in [2.75, 3.05) is 10.6 Å². The first-order chi connectivity index (χ1) is 13.0. The van der Waals surface area contributed by atoms with E-state index in [0.717, 1.165) is 34.1 Å². The molecule has 0 unspecified atom stereocenters. The topological polar surface area (TPSA) is 87.1 Å². The Kier molecular flexibility index (Phi) is 6.26. The molecule has 0 aliphatic rings. The molecule has 0 bridgehead atoms. The molecule has 0 aliphatic carbocycles. The normalized spacial score (nSPS) is 10.4. The summed E-state index contributed by atoms with van der Waals surface area (Å²) in [7, 11) is 0. The number of benzene rings is 2. The number of aryl methyl sites for hydroxylation is 2. The van der Waals surface area contributed by atoms with Gasteiger partial charge in [-0.3, -0.25) is 5.32 Å². The minimum Gasteiger partial charge on any atom is -0.465 e. The van der Waals surface area contributed by atoms with Crippen molar-refractivity contribution in [3.05, 3.63) is 75.6 Å². The lowest BCUT2D eigenvalue weighted by atomic mass is 10.0.